The Kier molecular flexibility index (Phi) is 10.9. The van der Waals surface area contributed by atoms with Crippen LogP contribution in [-0.4, -0.2) is 4.98 Å². The zero-order valence-corrected chi connectivity index (χ0v) is 13.8. The monoisotopic (exact) mass is 295 g/mol. The van der Waals surface area contributed by atoms with E-state index in [4.69, 9.17) is 4.42 Å². The smallest absolute Gasteiger partial charge is 0.413 e. The van der Waals surface area contributed by atoms with Crippen molar-refractivity contribution in [2.45, 2.75) is 96.8 Å². The Balaban J connectivity index is 1.75. The van der Waals surface area contributed by atoms with Crippen LogP contribution in [0.25, 0.3) is 0 Å². The van der Waals surface area contributed by atoms with Crippen molar-refractivity contribution in [2.75, 3.05) is 0 Å². The van der Waals surface area contributed by atoms with Gasteiger partial charge in [-0.1, -0.05) is 84.0 Å². The maximum absolute atomic E-state index is 10.8. The molecule has 0 radical (unpaired) electrons. The van der Waals surface area contributed by atoms with E-state index in [1.807, 2.05) is 0 Å². The molecule has 0 bridgehead atoms. The molecular formula is C18H33NO2. The lowest BCUT2D eigenvalue weighted by Crippen LogP contribution is -1.93. The third kappa shape index (κ3) is 10.4. The molecule has 1 aromatic rings. The highest BCUT2D eigenvalue weighted by atomic mass is 16.4. The molecule has 0 aromatic carbocycles. The minimum Gasteiger partial charge on any atom is -0.413 e. The summed E-state index contributed by atoms with van der Waals surface area (Å²) in [5.74, 6) is 0.461. The molecule has 1 aromatic heterocycles. The van der Waals surface area contributed by atoms with E-state index >= 15 is 0 Å². The number of aromatic nitrogens is 1. The molecule has 0 saturated heterocycles. The van der Waals surface area contributed by atoms with E-state index in [1.54, 1.807) is 6.20 Å². The molecule has 0 saturated carbocycles. The van der Waals surface area contributed by atoms with Gasteiger partial charge in [-0.2, -0.15) is 0 Å². The largest absolute Gasteiger partial charge is 0.416 e. The molecule has 0 spiro atoms. The number of aryl methyl sites for hydroxylation is 1. The second-order valence-electron chi connectivity index (χ2n) is 6.14. The standard InChI is InChI=1S/C18H33NO2/c1-2-3-4-5-6-7-8-9-10-11-12-13-14-15-17-16-19-18(20)21-17/h16H,2-15H2,1H3,(H,19,20). The van der Waals surface area contributed by atoms with Crippen LogP contribution in [0.3, 0.4) is 0 Å². The minimum atomic E-state index is -0.334. The maximum atomic E-state index is 10.8. The van der Waals surface area contributed by atoms with Crippen LogP contribution in [0.1, 0.15) is 96.2 Å². The fourth-order valence-electron chi connectivity index (χ4n) is 2.76. The van der Waals surface area contributed by atoms with Gasteiger partial charge in [-0.15, -0.1) is 0 Å². The van der Waals surface area contributed by atoms with Gasteiger partial charge in [-0.25, -0.2) is 4.79 Å². The zero-order valence-electron chi connectivity index (χ0n) is 13.8. The molecule has 1 rings (SSSR count). The third-order valence-corrected chi connectivity index (χ3v) is 4.10. The summed E-state index contributed by atoms with van der Waals surface area (Å²) in [6.07, 6.45) is 20.3. The molecular weight excluding hydrogens is 262 g/mol. The summed E-state index contributed by atoms with van der Waals surface area (Å²) in [6, 6.07) is 0. The summed E-state index contributed by atoms with van der Waals surface area (Å²) in [5, 5.41) is 0. The van der Waals surface area contributed by atoms with Gasteiger partial charge in [0.25, 0.3) is 0 Å². The summed E-state index contributed by atoms with van der Waals surface area (Å²) in [5.41, 5.74) is 0. The highest BCUT2D eigenvalue weighted by Crippen LogP contribution is 2.13. The fraction of sp³-hybridized carbons (Fsp3) is 0.833. The molecule has 1 heterocycles. The number of nitrogens with one attached hydrogen (secondary N) is 1. The average molecular weight is 295 g/mol. The van der Waals surface area contributed by atoms with Gasteiger partial charge in [-0.05, 0) is 6.42 Å². The van der Waals surface area contributed by atoms with Crippen LogP contribution in [0, 0.1) is 0 Å². The van der Waals surface area contributed by atoms with Crippen LogP contribution in [-0.2, 0) is 6.42 Å². The Morgan fingerprint density at radius 1 is 0.810 bits per heavy atom. The first-order valence-electron chi connectivity index (χ1n) is 9.00. The number of rotatable bonds is 14. The van der Waals surface area contributed by atoms with Crippen LogP contribution >= 0.6 is 0 Å². The van der Waals surface area contributed by atoms with Crippen molar-refractivity contribution in [3.8, 4) is 0 Å². The van der Waals surface area contributed by atoms with Crippen LogP contribution in [0.5, 0.6) is 0 Å². The van der Waals surface area contributed by atoms with Crippen molar-refractivity contribution in [3.05, 3.63) is 22.5 Å². The Hall–Kier alpha value is -0.990. The highest BCUT2D eigenvalue weighted by Gasteiger charge is 1.98. The van der Waals surface area contributed by atoms with Crippen molar-refractivity contribution in [3.63, 3.8) is 0 Å². The van der Waals surface area contributed by atoms with Gasteiger partial charge in [0.2, 0.25) is 0 Å². The Bertz CT molecular complexity index is 381. The van der Waals surface area contributed by atoms with Crippen molar-refractivity contribution in [1.82, 2.24) is 4.98 Å². The van der Waals surface area contributed by atoms with E-state index in [0.29, 0.717) is 0 Å². The second kappa shape index (κ2) is 12.7. The predicted molar refractivity (Wildman–Crippen MR) is 88.7 cm³/mol. The number of aromatic amines is 1. The minimum absolute atomic E-state index is 0.334. The molecule has 0 fully saturated rings. The maximum Gasteiger partial charge on any atom is 0.416 e. The van der Waals surface area contributed by atoms with Crippen LogP contribution in [0.4, 0.5) is 0 Å². The van der Waals surface area contributed by atoms with Crippen LogP contribution < -0.4 is 5.76 Å². The predicted octanol–water partition coefficient (Wildman–Crippen LogP) is 5.60. The van der Waals surface area contributed by atoms with Gasteiger partial charge in [0, 0.05) is 12.6 Å². The van der Waals surface area contributed by atoms with Crippen LogP contribution in [0.2, 0.25) is 0 Å². The normalized spacial score (nSPS) is 11.1. The Morgan fingerprint density at radius 3 is 1.71 bits per heavy atom. The summed E-state index contributed by atoms with van der Waals surface area (Å²) >= 11 is 0. The lowest BCUT2D eigenvalue weighted by molar-refractivity contribution is 0.457. The molecule has 3 heteroatoms. The molecule has 0 atom stereocenters. The lowest BCUT2D eigenvalue weighted by atomic mass is 10.0. The number of hydrogen-bond acceptors (Lipinski definition) is 2. The summed E-state index contributed by atoms with van der Waals surface area (Å²) in [7, 11) is 0. The topological polar surface area (TPSA) is 46.0 Å². The molecule has 0 unspecified atom stereocenters. The van der Waals surface area contributed by atoms with E-state index in [2.05, 4.69) is 11.9 Å². The first kappa shape index (κ1) is 18.1. The Labute approximate surface area is 129 Å². The van der Waals surface area contributed by atoms with Crippen molar-refractivity contribution < 1.29 is 4.42 Å². The molecule has 0 amide bonds. The number of oxazole rings is 1. The van der Waals surface area contributed by atoms with Gasteiger partial charge in [0.15, 0.2) is 0 Å². The second-order valence-corrected chi connectivity index (χ2v) is 6.14. The first-order valence-corrected chi connectivity index (χ1v) is 9.00. The van der Waals surface area contributed by atoms with Crippen molar-refractivity contribution in [2.24, 2.45) is 0 Å². The van der Waals surface area contributed by atoms with Gasteiger partial charge in [0.05, 0.1) is 0 Å². The molecule has 0 aliphatic carbocycles. The van der Waals surface area contributed by atoms with Crippen molar-refractivity contribution in [1.29, 1.82) is 0 Å². The van der Waals surface area contributed by atoms with E-state index in [-0.39, 0.29) is 5.76 Å². The molecule has 0 aliphatic heterocycles. The van der Waals surface area contributed by atoms with Crippen molar-refractivity contribution >= 4 is 0 Å². The molecule has 0 aliphatic rings. The van der Waals surface area contributed by atoms with Gasteiger partial charge in [-0.3, -0.25) is 4.98 Å². The van der Waals surface area contributed by atoms with E-state index in [0.717, 1.165) is 18.6 Å². The molecule has 122 valence electrons. The quantitative estimate of drug-likeness (QED) is 0.454. The number of hydrogen-bond donors (Lipinski definition) is 1. The Morgan fingerprint density at radius 2 is 1.29 bits per heavy atom. The van der Waals surface area contributed by atoms with Gasteiger partial charge in [0.1, 0.15) is 5.76 Å². The summed E-state index contributed by atoms with van der Waals surface area (Å²) < 4.78 is 4.98. The molecule has 3 nitrogen and oxygen atoms in total. The van der Waals surface area contributed by atoms with E-state index in [9.17, 15) is 4.79 Å². The first-order chi connectivity index (χ1) is 10.3. The summed E-state index contributed by atoms with van der Waals surface area (Å²) in [6.45, 7) is 2.27. The third-order valence-electron chi connectivity index (χ3n) is 4.10. The average Bonchev–Trinajstić information content (AvgIpc) is 2.89. The SMILES string of the molecule is CCCCCCCCCCCCCCCc1c[nH]c(=O)o1. The molecule has 1 N–H and O–H groups in total. The highest BCUT2D eigenvalue weighted by molar-refractivity contribution is 4.88. The summed E-state index contributed by atoms with van der Waals surface area (Å²) in [4.78, 5) is 13.3. The van der Waals surface area contributed by atoms with E-state index in [1.165, 1.54) is 77.0 Å². The number of unbranched alkanes of at least 4 members (excludes halogenated alkanes) is 12. The lowest BCUT2D eigenvalue weighted by Gasteiger charge is -2.02. The van der Waals surface area contributed by atoms with Gasteiger partial charge < -0.3 is 4.42 Å². The van der Waals surface area contributed by atoms with Crippen LogP contribution in [0.15, 0.2) is 15.4 Å². The zero-order chi connectivity index (χ0) is 15.2. The van der Waals surface area contributed by atoms with Gasteiger partial charge >= 0.3 is 5.76 Å². The van der Waals surface area contributed by atoms with E-state index < -0.39 is 0 Å². The number of H-pyrrole nitrogens is 1. The fourth-order valence-corrected chi connectivity index (χ4v) is 2.76. The molecule has 21 heavy (non-hydrogen) atoms.